The van der Waals surface area contributed by atoms with Crippen LogP contribution in [0.1, 0.15) is 6.42 Å². The number of rotatable bonds is 4. The maximum atomic E-state index is 6.08. The lowest BCUT2D eigenvalue weighted by Gasteiger charge is -2.04. The van der Waals surface area contributed by atoms with Crippen LogP contribution in [0.3, 0.4) is 0 Å². The Morgan fingerprint density at radius 1 is 1.23 bits per heavy atom. The summed E-state index contributed by atoms with van der Waals surface area (Å²) in [6.07, 6.45) is 4.24. The van der Waals surface area contributed by atoms with Crippen molar-refractivity contribution in [3.8, 4) is 5.69 Å². The second-order valence-electron chi connectivity index (χ2n) is 5.28. The van der Waals surface area contributed by atoms with Crippen LogP contribution >= 0.6 is 35.0 Å². The average Bonchev–Trinajstić information content (AvgIpc) is 2.95. The fraction of sp³-hybridized carbons (Fsp3) is 0.267. The van der Waals surface area contributed by atoms with Gasteiger partial charge in [0.05, 0.1) is 17.3 Å². The van der Waals surface area contributed by atoms with E-state index in [1.807, 2.05) is 41.2 Å². The third kappa shape index (κ3) is 2.57. The number of hydrogen-bond acceptors (Lipinski definition) is 4. The van der Waals surface area contributed by atoms with Crippen molar-refractivity contribution in [2.45, 2.75) is 15.8 Å². The van der Waals surface area contributed by atoms with Gasteiger partial charge in [-0.1, -0.05) is 18.2 Å². The molecule has 0 radical (unpaired) electrons. The Morgan fingerprint density at radius 2 is 2.00 bits per heavy atom. The van der Waals surface area contributed by atoms with Gasteiger partial charge in [0.25, 0.3) is 0 Å². The number of thioether (sulfide) groups is 1. The number of fused-ring (bicyclic) bond motifs is 1. The fourth-order valence-electron chi connectivity index (χ4n) is 2.33. The van der Waals surface area contributed by atoms with E-state index in [1.54, 1.807) is 18.1 Å². The van der Waals surface area contributed by atoms with Crippen molar-refractivity contribution in [2.24, 2.45) is 5.92 Å². The van der Waals surface area contributed by atoms with Crippen LogP contribution in [-0.2, 0) is 0 Å². The second kappa shape index (κ2) is 5.41. The predicted octanol–water partition coefficient (Wildman–Crippen LogP) is 4.10. The van der Waals surface area contributed by atoms with E-state index >= 15 is 0 Å². The van der Waals surface area contributed by atoms with E-state index in [-0.39, 0.29) is 0 Å². The molecule has 1 aliphatic carbocycles. The third-order valence-electron chi connectivity index (χ3n) is 3.71. The number of halogens is 2. The molecule has 0 unspecified atom stereocenters. The molecule has 0 N–H and O–H groups in total. The van der Waals surface area contributed by atoms with Crippen LogP contribution in [0.25, 0.3) is 16.7 Å². The van der Waals surface area contributed by atoms with Crippen LogP contribution in [0.15, 0.2) is 47.9 Å². The quantitative estimate of drug-likeness (QED) is 0.403. The summed E-state index contributed by atoms with van der Waals surface area (Å²) in [6, 6.07) is 9.94. The van der Waals surface area contributed by atoms with Crippen molar-refractivity contribution in [1.82, 2.24) is 19.7 Å². The SMILES string of the molecule is ClC1(Cl)C[C@H]1CSc1ncnc2c1cnn2-c1ccccc1. The van der Waals surface area contributed by atoms with Gasteiger partial charge < -0.3 is 0 Å². The minimum absolute atomic E-state index is 0.329. The lowest BCUT2D eigenvalue weighted by Crippen LogP contribution is -1.98. The van der Waals surface area contributed by atoms with E-state index in [0.29, 0.717) is 5.92 Å². The molecule has 4 rings (SSSR count). The molecule has 0 saturated heterocycles. The number of alkyl halides is 2. The van der Waals surface area contributed by atoms with Crippen LogP contribution in [0.2, 0.25) is 0 Å². The Morgan fingerprint density at radius 3 is 2.73 bits per heavy atom. The first-order valence-electron chi connectivity index (χ1n) is 6.90. The molecule has 1 aromatic carbocycles. The highest BCUT2D eigenvalue weighted by Gasteiger charge is 2.51. The van der Waals surface area contributed by atoms with Gasteiger partial charge in [-0.15, -0.1) is 35.0 Å². The van der Waals surface area contributed by atoms with Crippen molar-refractivity contribution >= 4 is 46.0 Å². The topological polar surface area (TPSA) is 43.6 Å². The zero-order valence-corrected chi connectivity index (χ0v) is 13.8. The van der Waals surface area contributed by atoms with Crippen molar-refractivity contribution in [3.63, 3.8) is 0 Å². The molecule has 1 aliphatic rings. The molecule has 0 amide bonds. The van der Waals surface area contributed by atoms with Crippen molar-refractivity contribution in [3.05, 3.63) is 42.9 Å². The maximum Gasteiger partial charge on any atom is 0.167 e. The minimum atomic E-state index is -0.548. The molecule has 22 heavy (non-hydrogen) atoms. The van der Waals surface area contributed by atoms with E-state index in [4.69, 9.17) is 23.2 Å². The first-order chi connectivity index (χ1) is 10.6. The molecule has 1 fully saturated rings. The van der Waals surface area contributed by atoms with Gasteiger partial charge in [-0.05, 0) is 18.6 Å². The van der Waals surface area contributed by atoms with Gasteiger partial charge in [-0.25, -0.2) is 14.6 Å². The van der Waals surface area contributed by atoms with Crippen molar-refractivity contribution < 1.29 is 0 Å². The Bertz CT molecular complexity index is 819. The summed E-state index contributed by atoms with van der Waals surface area (Å²) in [6.45, 7) is 0. The van der Waals surface area contributed by atoms with Gasteiger partial charge in [-0.2, -0.15) is 5.10 Å². The van der Waals surface area contributed by atoms with E-state index in [1.165, 1.54) is 0 Å². The van der Waals surface area contributed by atoms with Crippen molar-refractivity contribution in [1.29, 1.82) is 0 Å². The van der Waals surface area contributed by atoms with Crippen LogP contribution < -0.4 is 0 Å². The standard InChI is InChI=1S/C15H12Cl2N4S/c16-15(17)6-10(15)8-22-14-12-7-20-21(13(12)18-9-19-14)11-4-2-1-3-5-11/h1-5,7,9-10H,6,8H2/t10-/m0/s1. The Kier molecular flexibility index (Phi) is 3.51. The first-order valence-corrected chi connectivity index (χ1v) is 8.64. The number of para-hydroxylation sites is 1. The van der Waals surface area contributed by atoms with Gasteiger partial charge >= 0.3 is 0 Å². The molecule has 3 aromatic rings. The summed E-state index contributed by atoms with van der Waals surface area (Å²) in [7, 11) is 0. The number of aromatic nitrogens is 4. The molecule has 112 valence electrons. The molecular formula is C15H12Cl2N4S. The largest absolute Gasteiger partial charge is 0.229 e. The average molecular weight is 351 g/mol. The fourth-order valence-corrected chi connectivity index (χ4v) is 4.22. The van der Waals surface area contributed by atoms with Gasteiger partial charge in [0.15, 0.2) is 5.65 Å². The highest BCUT2D eigenvalue weighted by Crippen LogP contribution is 2.54. The van der Waals surface area contributed by atoms with E-state index < -0.39 is 4.33 Å². The molecule has 0 aliphatic heterocycles. The zero-order valence-electron chi connectivity index (χ0n) is 11.5. The number of nitrogens with zero attached hydrogens (tertiary/aromatic N) is 4. The molecule has 1 atom stereocenters. The monoisotopic (exact) mass is 350 g/mol. The Hall–Kier alpha value is -1.30. The van der Waals surface area contributed by atoms with Gasteiger partial charge in [0, 0.05) is 11.7 Å². The molecule has 0 bridgehead atoms. The van der Waals surface area contributed by atoms with Crippen LogP contribution in [0.4, 0.5) is 0 Å². The second-order valence-corrected chi connectivity index (χ2v) is 7.83. The summed E-state index contributed by atoms with van der Waals surface area (Å²) >= 11 is 13.8. The highest BCUT2D eigenvalue weighted by atomic mass is 35.5. The van der Waals surface area contributed by atoms with E-state index in [0.717, 1.165) is 33.9 Å². The van der Waals surface area contributed by atoms with Crippen molar-refractivity contribution in [2.75, 3.05) is 5.75 Å². The van der Waals surface area contributed by atoms with E-state index in [2.05, 4.69) is 15.1 Å². The number of hydrogen-bond donors (Lipinski definition) is 0. The summed E-state index contributed by atoms with van der Waals surface area (Å²) in [5.41, 5.74) is 1.79. The summed E-state index contributed by atoms with van der Waals surface area (Å²) < 4.78 is 1.28. The minimum Gasteiger partial charge on any atom is -0.229 e. The van der Waals surface area contributed by atoms with Gasteiger partial charge in [0.1, 0.15) is 15.7 Å². The summed E-state index contributed by atoms with van der Waals surface area (Å²) in [4.78, 5) is 8.75. The lowest BCUT2D eigenvalue weighted by molar-refractivity contribution is 0.893. The number of benzene rings is 1. The summed E-state index contributed by atoms with van der Waals surface area (Å²) in [5.74, 6) is 1.19. The Labute approximate surface area is 141 Å². The van der Waals surface area contributed by atoms with Crippen LogP contribution in [-0.4, -0.2) is 29.8 Å². The van der Waals surface area contributed by atoms with Crippen LogP contribution in [0.5, 0.6) is 0 Å². The van der Waals surface area contributed by atoms with E-state index in [9.17, 15) is 0 Å². The smallest absolute Gasteiger partial charge is 0.167 e. The third-order valence-corrected chi connectivity index (χ3v) is 5.80. The molecule has 0 spiro atoms. The molecule has 2 heterocycles. The van der Waals surface area contributed by atoms with Gasteiger partial charge in [0.2, 0.25) is 0 Å². The molecule has 7 heteroatoms. The van der Waals surface area contributed by atoms with Crippen LogP contribution in [0, 0.1) is 5.92 Å². The highest BCUT2D eigenvalue weighted by molar-refractivity contribution is 7.99. The first kappa shape index (κ1) is 14.3. The van der Waals surface area contributed by atoms with Gasteiger partial charge in [-0.3, -0.25) is 0 Å². The maximum absolute atomic E-state index is 6.08. The lowest BCUT2D eigenvalue weighted by atomic mass is 10.3. The Balaban J connectivity index is 1.65. The normalized spacial score (nSPS) is 19.5. The summed E-state index contributed by atoms with van der Waals surface area (Å²) in [5, 5.41) is 6.32. The molecule has 2 aromatic heterocycles. The molecule has 4 nitrogen and oxygen atoms in total. The predicted molar refractivity (Wildman–Crippen MR) is 89.9 cm³/mol. The molecule has 1 saturated carbocycles. The molecular weight excluding hydrogens is 339 g/mol. The zero-order chi connectivity index (χ0) is 15.2.